The van der Waals surface area contributed by atoms with Crippen LogP contribution in [0.25, 0.3) is 0 Å². The molecule has 0 spiro atoms. The van der Waals surface area contributed by atoms with E-state index in [1.165, 1.54) is 6.33 Å². The Hall–Kier alpha value is -1.56. The van der Waals surface area contributed by atoms with Crippen molar-refractivity contribution in [1.29, 1.82) is 0 Å². The SMILES string of the molecule is CC(C)CC(CNc1ncnc(N)c1Cl)C(=O)O. The van der Waals surface area contributed by atoms with Crippen molar-refractivity contribution in [2.75, 3.05) is 17.6 Å². The van der Waals surface area contributed by atoms with Gasteiger partial charge in [-0.25, -0.2) is 9.97 Å². The number of carbonyl (C=O) groups is 1. The minimum atomic E-state index is -0.839. The molecule has 0 aliphatic heterocycles. The first kappa shape index (κ1) is 14.5. The Labute approximate surface area is 111 Å². The number of anilines is 2. The first-order chi connectivity index (χ1) is 8.41. The molecule has 0 radical (unpaired) electrons. The summed E-state index contributed by atoms with van der Waals surface area (Å²) in [7, 11) is 0. The molecule has 1 heterocycles. The standard InChI is InChI=1S/C11H17ClN4O2/c1-6(2)3-7(11(17)18)4-14-10-8(12)9(13)15-5-16-10/h5-7H,3-4H2,1-2H3,(H,17,18)(H3,13,14,15,16). The molecule has 0 fully saturated rings. The first-order valence-electron chi connectivity index (χ1n) is 5.64. The number of carboxylic acids is 1. The third kappa shape index (κ3) is 4.03. The van der Waals surface area contributed by atoms with E-state index >= 15 is 0 Å². The van der Waals surface area contributed by atoms with Crippen molar-refractivity contribution in [3.8, 4) is 0 Å². The highest BCUT2D eigenvalue weighted by atomic mass is 35.5. The quantitative estimate of drug-likeness (QED) is 0.731. The molecule has 6 nitrogen and oxygen atoms in total. The molecular weight excluding hydrogens is 256 g/mol. The van der Waals surface area contributed by atoms with Gasteiger partial charge in [0, 0.05) is 6.54 Å². The topological polar surface area (TPSA) is 101 Å². The van der Waals surface area contributed by atoms with Gasteiger partial charge in [0.25, 0.3) is 0 Å². The number of hydrogen-bond donors (Lipinski definition) is 3. The third-order valence-electron chi connectivity index (χ3n) is 2.44. The lowest BCUT2D eigenvalue weighted by atomic mass is 9.97. The molecule has 0 aromatic carbocycles. The van der Waals surface area contributed by atoms with E-state index in [4.69, 9.17) is 22.4 Å². The number of carboxylic acid groups (broad SMARTS) is 1. The zero-order chi connectivity index (χ0) is 13.7. The number of nitrogen functional groups attached to an aromatic ring is 1. The predicted molar refractivity (Wildman–Crippen MR) is 70.5 cm³/mol. The number of aliphatic carboxylic acids is 1. The molecule has 1 unspecified atom stereocenters. The van der Waals surface area contributed by atoms with Crippen molar-refractivity contribution in [2.24, 2.45) is 11.8 Å². The Morgan fingerprint density at radius 3 is 2.78 bits per heavy atom. The highest BCUT2D eigenvalue weighted by Gasteiger charge is 2.19. The van der Waals surface area contributed by atoms with Gasteiger partial charge in [-0.15, -0.1) is 0 Å². The Bertz CT molecular complexity index is 426. The van der Waals surface area contributed by atoms with Crippen LogP contribution in [0.5, 0.6) is 0 Å². The Morgan fingerprint density at radius 1 is 1.56 bits per heavy atom. The average Bonchev–Trinajstić information content (AvgIpc) is 2.28. The second-order valence-electron chi connectivity index (χ2n) is 4.47. The summed E-state index contributed by atoms with van der Waals surface area (Å²) in [6, 6.07) is 0. The minimum Gasteiger partial charge on any atom is -0.481 e. The molecule has 0 saturated heterocycles. The summed E-state index contributed by atoms with van der Waals surface area (Å²) >= 11 is 5.90. The predicted octanol–water partition coefficient (Wildman–Crippen LogP) is 1.87. The smallest absolute Gasteiger partial charge is 0.308 e. The second-order valence-corrected chi connectivity index (χ2v) is 4.85. The molecule has 0 aliphatic carbocycles. The van der Waals surface area contributed by atoms with Crippen molar-refractivity contribution < 1.29 is 9.90 Å². The van der Waals surface area contributed by atoms with Gasteiger partial charge < -0.3 is 16.2 Å². The largest absolute Gasteiger partial charge is 0.481 e. The van der Waals surface area contributed by atoms with Gasteiger partial charge >= 0.3 is 5.97 Å². The Balaban J connectivity index is 2.67. The molecule has 0 saturated carbocycles. The highest BCUT2D eigenvalue weighted by Crippen LogP contribution is 2.23. The van der Waals surface area contributed by atoms with Gasteiger partial charge in [0.1, 0.15) is 23.0 Å². The number of rotatable bonds is 6. The summed E-state index contributed by atoms with van der Waals surface area (Å²) in [5.74, 6) is -0.491. The molecule has 18 heavy (non-hydrogen) atoms. The zero-order valence-electron chi connectivity index (χ0n) is 10.4. The highest BCUT2D eigenvalue weighted by molar-refractivity contribution is 6.35. The zero-order valence-corrected chi connectivity index (χ0v) is 11.1. The van der Waals surface area contributed by atoms with Gasteiger partial charge in [0.15, 0.2) is 0 Å². The Kier molecular flexibility index (Phi) is 5.15. The summed E-state index contributed by atoms with van der Waals surface area (Å²) in [6.07, 6.45) is 1.86. The van der Waals surface area contributed by atoms with Crippen molar-refractivity contribution in [1.82, 2.24) is 9.97 Å². The lowest BCUT2D eigenvalue weighted by Crippen LogP contribution is -2.25. The van der Waals surface area contributed by atoms with Gasteiger partial charge in [-0.05, 0) is 12.3 Å². The summed E-state index contributed by atoms with van der Waals surface area (Å²) in [5.41, 5.74) is 5.53. The van der Waals surface area contributed by atoms with E-state index in [9.17, 15) is 4.79 Å². The van der Waals surface area contributed by atoms with E-state index in [1.807, 2.05) is 13.8 Å². The van der Waals surface area contributed by atoms with Crippen LogP contribution in [0.4, 0.5) is 11.6 Å². The van der Waals surface area contributed by atoms with Crippen LogP contribution in [-0.4, -0.2) is 27.6 Å². The number of halogens is 1. The lowest BCUT2D eigenvalue weighted by Gasteiger charge is -2.16. The molecule has 100 valence electrons. The maximum Gasteiger partial charge on any atom is 0.308 e. The van der Waals surface area contributed by atoms with Crippen LogP contribution in [0.2, 0.25) is 5.02 Å². The number of hydrogen-bond acceptors (Lipinski definition) is 5. The molecule has 1 aromatic heterocycles. The van der Waals surface area contributed by atoms with Crippen LogP contribution < -0.4 is 11.1 Å². The lowest BCUT2D eigenvalue weighted by molar-refractivity contribution is -0.141. The van der Waals surface area contributed by atoms with Gasteiger partial charge in [0.2, 0.25) is 0 Å². The average molecular weight is 273 g/mol. The van der Waals surface area contributed by atoms with Crippen molar-refractivity contribution in [2.45, 2.75) is 20.3 Å². The Morgan fingerprint density at radius 2 is 2.22 bits per heavy atom. The van der Waals surface area contributed by atoms with Crippen LogP contribution >= 0.6 is 11.6 Å². The van der Waals surface area contributed by atoms with Crippen molar-refractivity contribution >= 4 is 29.2 Å². The first-order valence-corrected chi connectivity index (χ1v) is 6.02. The molecule has 1 aromatic rings. The van der Waals surface area contributed by atoms with Crippen LogP contribution in [-0.2, 0) is 4.79 Å². The van der Waals surface area contributed by atoms with Crippen molar-refractivity contribution in [3.63, 3.8) is 0 Å². The fourth-order valence-corrected chi connectivity index (χ4v) is 1.73. The van der Waals surface area contributed by atoms with E-state index < -0.39 is 11.9 Å². The molecule has 1 rings (SSSR count). The minimum absolute atomic E-state index is 0.171. The fourth-order valence-electron chi connectivity index (χ4n) is 1.57. The van der Waals surface area contributed by atoms with Gasteiger partial charge in [-0.2, -0.15) is 0 Å². The van der Waals surface area contributed by atoms with Gasteiger partial charge in [-0.3, -0.25) is 4.79 Å². The van der Waals surface area contributed by atoms with Gasteiger partial charge in [0.05, 0.1) is 5.92 Å². The summed E-state index contributed by atoms with van der Waals surface area (Å²) in [5, 5.41) is 12.2. The summed E-state index contributed by atoms with van der Waals surface area (Å²) in [4.78, 5) is 18.7. The molecule has 0 bridgehead atoms. The third-order valence-corrected chi connectivity index (χ3v) is 2.81. The van der Waals surface area contributed by atoms with E-state index in [0.717, 1.165) is 0 Å². The van der Waals surface area contributed by atoms with E-state index in [-0.39, 0.29) is 17.4 Å². The number of nitrogens with one attached hydrogen (secondary N) is 1. The number of aromatic nitrogens is 2. The van der Waals surface area contributed by atoms with Crippen molar-refractivity contribution in [3.05, 3.63) is 11.3 Å². The molecule has 1 atom stereocenters. The molecular formula is C11H17ClN4O2. The van der Waals surface area contributed by atoms with E-state index in [1.54, 1.807) is 0 Å². The van der Waals surface area contributed by atoms with E-state index in [0.29, 0.717) is 18.2 Å². The maximum absolute atomic E-state index is 11.1. The molecule has 0 aliphatic rings. The number of nitrogens with two attached hydrogens (primary N) is 1. The van der Waals surface area contributed by atoms with Crippen LogP contribution in [0.3, 0.4) is 0 Å². The second kappa shape index (κ2) is 6.39. The van der Waals surface area contributed by atoms with Crippen LogP contribution in [0.15, 0.2) is 6.33 Å². The van der Waals surface area contributed by atoms with Crippen LogP contribution in [0, 0.1) is 11.8 Å². The van der Waals surface area contributed by atoms with E-state index in [2.05, 4.69) is 15.3 Å². The van der Waals surface area contributed by atoms with Crippen LogP contribution in [0.1, 0.15) is 20.3 Å². The molecule has 7 heteroatoms. The fraction of sp³-hybridized carbons (Fsp3) is 0.545. The molecule has 0 amide bonds. The maximum atomic E-state index is 11.1. The normalized spacial score (nSPS) is 12.4. The molecule has 4 N–H and O–H groups in total. The number of nitrogens with zero attached hydrogens (tertiary/aromatic N) is 2. The van der Waals surface area contributed by atoms with Gasteiger partial charge in [-0.1, -0.05) is 25.4 Å². The summed E-state index contributed by atoms with van der Waals surface area (Å²) in [6.45, 7) is 4.21. The monoisotopic (exact) mass is 272 g/mol. The summed E-state index contributed by atoms with van der Waals surface area (Å²) < 4.78 is 0.